The fourth-order valence-electron chi connectivity index (χ4n) is 1.65. The van der Waals surface area contributed by atoms with Crippen molar-refractivity contribution < 1.29 is 4.52 Å². The van der Waals surface area contributed by atoms with Crippen LogP contribution < -0.4 is 5.32 Å². The molecule has 0 fully saturated rings. The maximum Gasteiger partial charge on any atom is 0.240 e. The Morgan fingerprint density at radius 3 is 2.89 bits per heavy atom. The predicted molar refractivity (Wildman–Crippen MR) is 75.1 cm³/mol. The Balaban J connectivity index is 1.96. The monoisotopic (exact) mass is 279 g/mol. The second-order valence-corrected chi connectivity index (χ2v) is 4.97. The molecule has 19 heavy (non-hydrogen) atoms. The van der Waals surface area contributed by atoms with E-state index in [4.69, 9.17) is 16.1 Å². The minimum Gasteiger partial charge on any atom is -0.338 e. The molecule has 1 unspecified atom stereocenters. The fraction of sp³-hybridized carbons (Fsp3) is 0.429. The van der Waals surface area contributed by atoms with Gasteiger partial charge in [0.25, 0.3) is 0 Å². The number of hydrogen-bond acceptors (Lipinski definition) is 4. The summed E-state index contributed by atoms with van der Waals surface area (Å²) in [4.78, 5) is 4.35. The molecule has 2 rings (SSSR count). The Morgan fingerprint density at radius 2 is 2.16 bits per heavy atom. The van der Waals surface area contributed by atoms with Gasteiger partial charge in [0, 0.05) is 17.5 Å². The smallest absolute Gasteiger partial charge is 0.240 e. The average molecular weight is 280 g/mol. The number of rotatable bonds is 6. The minimum atomic E-state index is 0.443. The Labute approximate surface area is 118 Å². The zero-order valence-corrected chi connectivity index (χ0v) is 11.9. The summed E-state index contributed by atoms with van der Waals surface area (Å²) in [5, 5.41) is 8.01. The zero-order valence-electron chi connectivity index (χ0n) is 11.2. The van der Waals surface area contributed by atoms with E-state index in [1.54, 1.807) is 0 Å². The van der Waals surface area contributed by atoms with Crippen LogP contribution in [0.5, 0.6) is 0 Å². The Morgan fingerprint density at radius 1 is 1.37 bits per heavy atom. The number of halogens is 1. The quantitative estimate of drug-likeness (QED) is 0.882. The van der Waals surface area contributed by atoms with E-state index in [9.17, 15) is 0 Å². The van der Waals surface area contributed by atoms with Crippen molar-refractivity contribution >= 4 is 11.6 Å². The van der Waals surface area contributed by atoms with Gasteiger partial charge in [-0.15, -0.1) is 0 Å². The Hall–Kier alpha value is -1.39. The molecular formula is C14H18ClN3O. The number of hydrogen-bond donors (Lipinski definition) is 1. The second kappa shape index (κ2) is 6.68. The van der Waals surface area contributed by atoms with E-state index in [1.165, 1.54) is 0 Å². The molecule has 0 saturated carbocycles. The van der Waals surface area contributed by atoms with Gasteiger partial charge >= 0.3 is 0 Å². The molecule has 0 spiro atoms. The second-order valence-electron chi connectivity index (χ2n) is 4.56. The Bertz CT molecular complexity index is 527. The van der Waals surface area contributed by atoms with E-state index < -0.39 is 0 Å². The molecular weight excluding hydrogens is 262 g/mol. The lowest BCUT2D eigenvalue weighted by molar-refractivity contribution is 0.354. The van der Waals surface area contributed by atoms with Gasteiger partial charge in [0.05, 0.1) is 6.54 Å². The third kappa shape index (κ3) is 4.04. The van der Waals surface area contributed by atoms with Crippen LogP contribution in [-0.4, -0.2) is 16.2 Å². The molecule has 0 aliphatic rings. The molecule has 1 N–H and O–H groups in total. The van der Waals surface area contributed by atoms with Crippen molar-refractivity contribution in [1.29, 1.82) is 0 Å². The van der Waals surface area contributed by atoms with Crippen LogP contribution in [0.4, 0.5) is 0 Å². The summed E-state index contributed by atoms with van der Waals surface area (Å²) in [5.41, 5.74) is 1.01. The molecule has 1 atom stereocenters. The van der Waals surface area contributed by atoms with Crippen molar-refractivity contribution in [1.82, 2.24) is 15.5 Å². The molecule has 1 aromatic heterocycles. The van der Waals surface area contributed by atoms with Crippen LogP contribution in [0.2, 0.25) is 5.02 Å². The summed E-state index contributed by atoms with van der Waals surface area (Å²) in [6.45, 7) is 4.86. The standard InChI is InChI=1S/C14H18ClN3O/c1-3-10(2)16-9-14-17-13(18-19-14)8-11-6-4-5-7-12(11)15/h4-7,10,16H,3,8-9H2,1-2H3. The van der Waals surface area contributed by atoms with Gasteiger partial charge in [-0.1, -0.05) is 41.9 Å². The number of benzene rings is 1. The van der Waals surface area contributed by atoms with E-state index in [0.717, 1.165) is 17.0 Å². The van der Waals surface area contributed by atoms with Crippen molar-refractivity contribution in [2.75, 3.05) is 0 Å². The first-order valence-electron chi connectivity index (χ1n) is 6.47. The predicted octanol–water partition coefficient (Wildman–Crippen LogP) is 3.20. The lowest BCUT2D eigenvalue weighted by Gasteiger charge is -2.07. The highest BCUT2D eigenvalue weighted by molar-refractivity contribution is 6.31. The summed E-state index contributed by atoms with van der Waals surface area (Å²) in [5.74, 6) is 1.27. The third-order valence-electron chi connectivity index (χ3n) is 3.03. The molecule has 0 aliphatic carbocycles. The highest BCUT2D eigenvalue weighted by Gasteiger charge is 2.09. The molecule has 4 nitrogen and oxygen atoms in total. The SMILES string of the molecule is CCC(C)NCc1nc(Cc2ccccc2Cl)no1. The molecule has 102 valence electrons. The molecule has 5 heteroatoms. The largest absolute Gasteiger partial charge is 0.338 e. The first kappa shape index (κ1) is 14.0. The zero-order chi connectivity index (χ0) is 13.7. The van der Waals surface area contributed by atoms with Gasteiger partial charge in [0.15, 0.2) is 5.82 Å². The fourth-order valence-corrected chi connectivity index (χ4v) is 1.85. The summed E-state index contributed by atoms with van der Waals surface area (Å²) < 4.78 is 5.20. The van der Waals surface area contributed by atoms with Crippen molar-refractivity contribution in [3.05, 3.63) is 46.6 Å². The minimum absolute atomic E-state index is 0.443. The maximum absolute atomic E-state index is 6.10. The van der Waals surface area contributed by atoms with Crippen molar-refractivity contribution in [3.8, 4) is 0 Å². The molecule has 0 saturated heterocycles. The number of aromatic nitrogens is 2. The average Bonchev–Trinajstić information content (AvgIpc) is 2.86. The summed E-state index contributed by atoms with van der Waals surface area (Å²) in [6, 6.07) is 8.13. The number of nitrogens with zero attached hydrogens (tertiary/aromatic N) is 2. The van der Waals surface area contributed by atoms with E-state index in [-0.39, 0.29) is 0 Å². The van der Waals surface area contributed by atoms with Crippen LogP contribution in [0.25, 0.3) is 0 Å². The lowest BCUT2D eigenvalue weighted by Crippen LogP contribution is -2.24. The summed E-state index contributed by atoms with van der Waals surface area (Å²) in [7, 11) is 0. The third-order valence-corrected chi connectivity index (χ3v) is 3.40. The van der Waals surface area contributed by atoms with E-state index in [0.29, 0.717) is 30.7 Å². The molecule has 0 radical (unpaired) electrons. The highest BCUT2D eigenvalue weighted by atomic mass is 35.5. The number of nitrogens with one attached hydrogen (secondary N) is 1. The van der Waals surface area contributed by atoms with Crippen LogP contribution in [0, 0.1) is 0 Å². The van der Waals surface area contributed by atoms with Crippen molar-refractivity contribution in [3.63, 3.8) is 0 Å². The van der Waals surface area contributed by atoms with Crippen LogP contribution in [-0.2, 0) is 13.0 Å². The van der Waals surface area contributed by atoms with Crippen LogP contribution in [0.15, 0.2) is 28.8 Å². The Kier molecular flexibility index (Phi) is 4.93. The molecule has 0 bridgehead atoms. The molecule has 0 amide bonds. The molecule has 1 aromatic carbocycles. The highest BCUT2D eigenvalue weighted by Crippen LogP contribution is 2.17. The molecule has 2 aromatic rings. The van der Waals surface area contributed by atoms with Gasteiger partial charge < -0.3 is 9.84 Å². The van der Waals surface area contributed by atoms with E-state index in [2.05, 4.69) is 29.3 Å². The summed E-state index contributed by atoms with van der Waals surface area (Å²) >= 11 is 6.10. The van der Waals surface area contributed by atoms with Crippen molar-refractivity contribution in [2.24, 2.45) is 0 Å². The summed E-state index contributed by atoms with van der Waals surface area (Å²) in [6.07, 6.45) is 1.66. The van der Waals surface area contributed by atoms with Crippen LogP contribution >= 0.6 is 11.6 Å². The first-order chi connectivity index (χ1) is 9.19. The van der Waals surface area contributed by atoms with Gasteiger partial charge in [-0.2, -0.15) is 4.98 Å². The van der Waals surface area contributed by atoms with Crippen LogP contribution in [0.3, 0.4) is 0 Å². The van der Waals surface area contributed by atoms with E-state index >= 15 is 0 Å². The van der Waals surface area contributed by atoms with Gasteiger partial charge in [-0.3, -0.25) is 0 Å². The van der Waals surface area contributed by atoms with E-state index in [1.807, 2.05) is 24.3 Å². The lowest BCUT2D eigenvalue weighted by atomic mass is 10.1. The first-order valence-corrected chi connectivity index (χ1v) is 6.85. The van der Waals surface area contributed by atoms with Gasteiger partial charge in [0.2, 0.25) is 5.89 Å². The van der Waals surface area contributed by atoms with Gasteiger partial charge in [-0.05, 0) is 25.0 Å². The normalized spacial score (nSPS) is 12.6. The molecule has 0 aliphatic heterocycles. The topological polar surface area (TPSA) is 51.0 Å². The maximum atomic E-state index is 6.10. The van der Waals surface area contributed by atoms with Crippen LogP contribution in [0.1, 0.15) is 37.5 Å². The van der Waals surface area contributed by atoms with Gasteiger partial charge in [0.1, 0.15) is 0 Å². The van der Waals surface area contributed by atoms with Crippen molar-refractivity contribution in [2.45, 2.75) is 39.3 Å². The van der Waals surface area contributed by atoms with Gasteiger partial charge in [-0.25, -0.2) is 0 Å². The molecule has 1 heterocycles.